The van der Waals surface area contributed by atoms with Gasteiger partial charge in [0.1, 0.15) is 35.8 Å². The summed E-state index contributed by atoms with van der Waals surface area (Å²) in [5.41, 5.74) is 3.90. The van der Waals surface area contributed by atoms with Crippen molar-refractivity contribution in [2.45, 2.75) is 12.0 Å². The average molecular weight is 283 g/mol. The largest absolute Gasteiger partial charge is 0.506 e. The molecule has 0 aliphatic heterocycles. The van der Waals surface area contributed by atoms with Gasteiger partial charge in [-0.2, -0.15) is 5.26 Å². The minimum absolute atomic E-state index is 0. The molecular formula is C10H10ClF3N2O2. The van der Waals surface area contributed by atoms with Gasteiger partial charge in [-0.05, 0) is 6.07 Å². The van der Waals surface area contributed by atoms with Crippen molar-refractivity contribution in [1.82, 2.24) is 0 Å². The lowest BCUT2D eigenvalue weighted by Gasteiger charge is -2.22. The maximum absolute atomic E-state index is 13.1. The SMILES string of the molecule is Cl.N#Cc1c(F)ccc([C@H](N)C(F)(F)CO)c1O. The fourth-order valence-corrected chi connectivity index (χ4v) is 1.27. The van der Waals surface area contributed by atoms with Crippen LogP contribution in [0.4, 0.5) is 13.2 Å². The number of hydrogen-bond acceptors (Lipinski definition) is 4. The zero-order valence-corrected chi connectivity index (χ0v) is 9.72. The predicted molar refractivity (Wildman–Crippen MR) is 59.0 cm³/mol. The van der Waals surface area contributed by atoms with Crippen molar-refractivity contribution in [3.05, 3.63) is 29.1 Å². The van der Waals surface area contributed by atoms with Gasteiger partial charge in [0, 0.05) is 5.56 Å². The van der Waals surface area contributed by atoms with Crippen LogP contribution in [0.25, 0.3) is 0 Å². The molecule has 1 aromatic carbocycles. The molecule has 1 atom stereocenters. The molecule has 0 aliphatic rings. The van der Waals surface area contributed by atoms with Gasteiger partial charge in [-0.3, -0.25) is 0 Å². The van der Waals surface area contributed by atoms with Crippen LogP contribution >= 0.6 is 12.4 Å². The van der Waals surface area contributed by atoms with Crippen LogP contribution in [0.3, 0.4) is 0 Å². The highest BCUT2D eigenvalue weighted by atomic mass is 35.5. The van der Waals surface area contributed by atoms with Crippen molar-refractivity contribution < 1.29 is 23.4 Å². The first-order valence-corrected chi connectivity index (χ1v) is 4.51. The summed E-state index contributed by atoms with van der Waals surface area (Å²) in [7, 11) is 0. The summed E-state index contributed by atoms with van der Waals surface area (Å²) in [5, 5.41) is 26.4. The molecule has 0 aromatic heterocycles. The van der Waals surface area contributed by atoms with Gasteiger partial charge in [-0.15, -0.1) is 12.4 Å². The molecule has 4 nitrogen and oxygen atoms in total. The number of nitrogens with zero attached hydrogens (tertiary/aromatic N) is 1. The van der Waals surface area contributed by atoms with E-state index in [-0.39, 0.29) is 12.4 Å². The molecule has 0 bridgehead atoms. The second-order valence-electron chi connectivity index (χ2n) is 3.37. The first-order chi connectivity index (χ1) is 7.85. The molecule has 0 spiro atoms. The molecule has 0 unspecified atom stereocenters. The van der Waals surface area contributed by atoms with Crippen LogP contribution in [0.1, 0.15) is 17.2 Å². The number of alkyl halides is 2. The monoisotopic (exact) mass is 282 g/mol. The number of aliphatic hydroxyl groups excluding tert-OH is 1. The number of benzene rings is 1. The normalized spacial score (nSPS) is 12.4. The minimum Gasteiger partial charge on any atom is -0.506 e. The van der Waals surface area contributed by atoms with Gasteiger partial charge in [0.15, 0.2) is 0 Å². The lowest BCUT2D eigenvalue weighted by atomic mass is 9.98. The van der Waals surface area contributed by atoms with Gasteiger partial charge < -0.3 is 15.9 Å². The number of halogens is 4. The highest BCUT2D eigenvalue weighted by molar-refractivity contribution is 5.85. The van der Waals surface area contributed by atoms with Gasteiger partial charge in [0.05, 0.1) is 0 Å². The standard InChI is InChI=1S/C10H9F3N2O2.ClH/c11-7-2-1-5(8(17)6(7)3-14)9(15)10(12,13)4-16;/h1-2,9,16-17H,4,15H2;1H/t9-;/m0./s1. The highest BCUT2D eigenvalue weighted by Crippen LogP contribution is 2.36. The third-order valence-electron chi connectivity index (χ3n) is 2.27. The summed E-state index contributed by atoms with van der Waals surface area (Å²) < 4.78 is 39.2. The molecule has 0 radical (unpaired) electrons. The summed E-state index contributed by atoms with van der Waals surface area (Å²) in [6, 6.07) is 0.911. The van der Waals surface area contributed by atoms with E-state index in [2.05, 4.69) is 0 Å². The maximum atomic E-state index is 13.1. The zero-order valence-electron chi connectivity index (χ0n) is 8.90. The summed E-state index contributed by atoms with van der Waals surface area (Å²) in [4.78, 5) is 0. The fraction of sp³-hybridized carbons (Fsp3) is 0.300. The zero-order chi connectivity index (χ0) is 13.2. The topological polar surface area (TPSA) is 90.3 Å². The third-order valence-corrected chi connectivity index (χ3v) is 2.27. The first-order valence-electron chi connectivity index (χ1n) is 4.51. The molecule has 8 heteroatoms. The van der Waals surface area contributed by atoms with E-state index in [9.17, 15) is 18.3 Å². The van der Waals surface area contributed by atoms with Gasteiger partial charge in [0.25, 0.3) is 5.92 Å². The molecule has 0 aliphatic carbocycles. The van der Waals surface area contributed by atoms with Crippen LogP contribution < -0.4 is 5.73 Å². The molecular weight excluding hydrogens is 273 g/mol. The van der Waals surface area contributed by atoms with Gasteiger partial charge in [-0.1, -0.05) is 6.07 Å². The summed E-state index contributed by atoms with van der Waals surface area (Å²) in [6.45, 7) is -1.52. The van der Waals surface area contributed by atoms with E-state index in [1.165, 1.54) is 6.07 Å². The van der Waals surface area contributed by atoms with E-state index in [1.54, 1.807) is 0 Å². The van der Waals surface area contributed by atoms with Crippen molar-refractivity contribution in [2.24, 2.45) is 5.73 Å². The molecule has 1 aromatic rings. The van der Waals surface area contributed by atoms with Crippen LogP contribution in [-0.4, -0.2) is 22.7 Å². The number of nitrogens with two attached hydrogens (primary N) is 1. The lowest BCUT2D eigenvalue weighted by Crippen LogP contribution is -2.36. The molecule has 18 heavy (non-hydrogen) atoms. The smallest absolute Gasteiger partial charge is 0.289 e. The van der Waals surface area contributed by atoms with Crippen LogP contribution in [0.5, 0.6) is 5.75 Å². The Balaban J connectivity index is 0.00000289. The summed E-state index contributed by atoms with van der Waals surface area (Å²) in [5.74, 6) is -5.65. The molecule has 4 N–H and O–H groups in total. The van der Waals surface area contributed by atoms with E-state index in [1.807, 2.05) is 0 Å². The summed E-state index contributed by atoms with van der Waals surface area (Å²) in [6.07, 6.45) is 0. The third kappa shape index (κ3) is 2.85. The quantitative estimate of drug-likeness (QED) is 0.783. The van der Waals surface area contributed by atoms with E-state index in [0.717, 1.165) is 12.1 Å². The molecule has 100 valence electrons. The maximum Gasteiger partial charge on any atom is 0.289 e. The molecule has 0 fully saturated rings. The molecule has 0 saturated heterocycles. The van der Waals surface area contributed by atoms with E-state index in [0.29, 0.717) is 0 Å². The van der Waals surface area contributed by atoms with Crippen molar-refractivity contribution >= 4 is 12.4 Å². The second kappa shape index (κ2) is 5.91. The van der Waals surface area contributed by atoms with E-state index >= 15 is 0 Å². The van der Waals surface area contributed by atoms with Crippen molar-refractivity contribution in [2.75, 3.05) is 6.61 Å². The Labute approximate surface area is 107 Å². The Morgan fingerprint density at radius 3 is 2.44 bits per heavy atom. The number of phenolic OH excluding ortho intramolecular Hbond substituents is 1. The number of hydrogen-bond donors (Lipinski definition) is 3. The van der Waals surface area contributed by atoms with Crippen molar-refractivity contribution in [1.29, 1.82) is 5.26 Å². The highest BCUT2D eigenvalue weighted by Gasteiger charge is 2.39. The van der Waals surface area contributed by atoms with Crippen LogP contribution in [0, 0.1) is 17.1 Å². The number of aliphatic hydroxyl groups is 1. The molecule has 0 heterocycles. The van der Waals surface area contributed by atoms with Crippen molar-refractivity contribution in [3.63, 3.8) is 0 Å². The fourth-order valence-electron chi connectivity index (χ4n) is 1.27. The van der Waals surface area contributed by atoms with Gasteiger partial charge >= 0.3 is 0 Å². The van der Waals surface area contributed by atoms with Crippen LogP contribution in [0.15, 0.2) is 12.1 Å². The lowest BCUT2D eigenvalue weighted by molar-refractivity contribution is -0.0716. The molecule has 1 rings (SSSR count). The minimum atomic E-state index is -3.68. The number of aromatic hydroxyl groups is 1. The predicted octanol–water partition coefficient (Wildman–Crippen LogP) is 1.45. The Kier molecular flexibility index (Phi) is 5.42. The van der Waals surface area contributed by atoms with Crippen LogP contribution in [-0.2, 0) is 0 Å². The average Bonchev–Trinajstić information content (AvgIpc) is 2.29. The molecule has 0 amide bonds. The Morgan fingerprint density at radius 2 is 2.00 bits per heavy atom. The van der Waals surface area contributed by atoms with E-state index in [4.69, 9.17) is 16.1 Å². The second-order valence-corrected chi connectivity index (χ2v) is 3.37. The first kappa shape index (κ1) is 16.5. The summed E-state index contributed by atoms with van der Waals surface area (Å²) >= 11 is 0. The number of rotatable bonds is 3. The van der Waals surface area contributed by atoms with Gasteiger partial charge in [0.2, 0.25) is 0 Å². The Bertz CT molecular complexity index is 477. The number of nitriles is 1. The number of phenols is 1. The van der Waals surface area contributed by atoms with Gasteiger partial charge in [-0.25, -0.2) is 13.2 Å². The Morgan fingerprint density at radius 1 is 1.44 bits per heavy atom. The Hall–Kier alpha value is -1.49. The van der Waals surface area contributed by atoms with E-state index < -0.39 is 41.3 Å². The van der Waals surface area contributed by atoms with Crippen molar-refractivity contribution in [3.8, 4) is 11.8 Å². The van der Waals surface area contributed by atoms with Crippen LogP contribution in [0.2, 0.25) is 0 Å². The molecule has 0 saturated carbocycles.